The quantitative estimate of drug-likeness (QED) is 0.593. The van der Waals surface area contributed by atoms with E-state index in [0.717, 1.165) is 0 Å². The summed E-state index contributed by atoms with van der Waals surface area (Å²) in [5, 5.41) is 7.26. The largest absolute Gasteiger partial charge is 0.294 e. The number of aromatic nitrogens is 2. The van der Waals surface area contributed by atoms with E-state index in [-0.39, 0.29) is 11.2 Å². The van der Waals surface area contributed by atoms with Gasteiger partial charge in [0.2, 0.25) is 0 Å². The summed E-state index contributed by atoms with van der Waals surface area (Å²) in [6.07, 6.45) is 3.02. The van der Waals surface area contributed by atoms with Crippen LogP contribution < -0.4 is 0 Å². The highest BCUT2D eigenvalue weighted by atomic mass is 16.1. The summed E-state index contributed by atoms with van der Waals surface area (Å²) in [5.74, 6) is 0.0948. The highest BCUT2D eigenvalue weighted by molar-refractivity contribution is 5.99. The molecule has 0 aliphatic carbocycles. The monoisotopic (exact) mass is 164 g/mol. The second-order valence-corrected chi connectivity index (χ2v) is 3.71. The molecule has 1 rings (SSSR count). The van der Waals surface area contributed by atoms with E-state index < -0.39 is 0 Å². The molecule has 0 unspecified atom stereocenters. The van der Waals surface area contributed by atoms with Crippen molar-refractivity contribution < 1.29 is 4.79 Å². The molecule has 0 saturated carbocycles. The summed E-state index contributed by atoms with van der Waals surface area (Å²) in [6, 6.07) is 1.68. The zero-order chi connectivity index (χ0) is 9.19. The fourth-order valence-electron chi connectivity index (χ4n) is 0.858. The summed E-state index contributed by atoms with van der Waals surface area (Å²) in [7, 11) is 0. The number of hydrogen-bond donors (Lipinski definition) is 0. The van der Waals surface area contributed by atoms with Crippen molar-refractivity contribution in [3.8, 4) is 0 Å². The molecular weight excluding hydrogens is 152 g/mol. The lowest BCUT2D eigenvalue weighted by Crippen LogP contribution is -2.20. The molecule has 3 heteroatoms. The van der Waals surface area contributed by atoms with Gasteiger partial charge < -0.3 is 0 Å². The summed E-state index contributed by atoms with van der Waals surface area (Å²) in [6.45, 7) is 5.65. The van der Waals surface area contributed by atoms with Crippen LogP contribution in [0.4, 0.5) is 0 Å². The van der Waals surface area contributed by atoms with E-state index in [4.69, 9.17) is 0 Å². The fraction of sp³-hybridized carbons (Fsp3) is 0.444. The third kappa shape index (κ3) is 1.87. The molecule has 0 aliphatic heterocycles. The van der Waals surface area contributed by atoms with Gasteiger partial charge in [-0.2, -0.15) is 10.2 Å². The Kier molecular flexibility index (Phi) is 2.22. The van der Waals surface area contributed by atoms with Crippen LogP contribution in [0.1, 0.15) is 31.1 Å². The molecule has 1 aromatic rings. The van der Waals surface area contributed by atoms with Gasteiger partial charge in [0.1, 0.15) is 0 Å². The Labute approximate surface area is 71.8 Å². The smallest absolute Gasteiger partial charge is 0.169 e. The Morgan fingerprint density at radius 3 is 2.42 bits per heavy atom. The van der Waals surface area contributed by atoms with Crippen molar-refractivity contribution in [3.05, 3.63) is 24.0 Å². The maximum atomic E-state index is 11.6. The predicted octanol–water partition coefficient (Wildman–Crippen LogP) is 1.71. The van der Waals surface area contributed by atoms with Crippen LogP contribution in [0.2, 0.25) is 0 Å². The third-order valence-electron chi connectivity index (χ3n) is 1.53. The van der Waals surface area contributed by atoms with Crippen LogP contribution in [0.3, 0.4) is 0 Å². The first-order valence-electron chi connectivity index (χ1n) is 3.83. The third-order valence-corrected chi connectivity index (χ3v) is 1.53. The molecule has 0 atom stereocenters. The van der Waals surface area contributed by atoms with Crippen molar-refractivity contribution in [1.29, 1.82) is 0 Å². The summed E-state index contributed by atoms with van der Waals surface area (Å²) >= 11 is 0. The topological polar surface area (TPSA) is 42.9 Å². The van der Waals surface area contributed by atoms with E-state index in [1.807, 2.05) is 20.8 Å². The molecule has 0 saturated heterocycles. The lowest BCUT2D eigenvalue weighted by Gasteiger charge is -2.15. The minimum atomic E-state index is -0.344. The van der Waals surface area contributed by atoms with Gasteiger partial charge in [0, 0.05) is 11.0 Å². The van der Waals surface area contributed by atoms with Crippen molar-refractivity contribution in [2.45, 2.75) is 20.8 Å². The Morgan fingerprint density at radius 1 is 1.33 bits per heavy atom. The number of carbonyl (C=O) groups is 1. The summed E-state index contributed by atoms with van der Waals surface area (Å²) < 4.78 is 0. The Balaban J connectivity index is 2.94. The maximum Gasteiger partial charge on any atom is 0.169 e. The van der Waals surface area contributed by atoms with Gasteiger partial charge in [-0.15, -0.1) is 0 Å². The fourth-order valence-corrected chi connectivity index (χ4v) is 0.858. The zero-order valence-corrected chi connectivity index (χ0v) is 7.53. The van der Waals surface area contributed by atoms with E-state index in [1.54, 1.807) is 6.07 Å². The molecule has 0 spiro atoms. The first-order chi connectivity index (χ1) is 5.52. The van der Waals surface area contributed by atoms with Crippen molar-refractivity contribution in [3.63, 3.8) is 0 Å². The van der Waals surface area contributed by atoms with E-state index in [9.17, 15) is 4.79 Å². The van der Waals surface area contributed by atoms with Crippen molar-refractivity contribution in [1.82, 2.24) is 10.2 Å². The second-order valence-electron chi connectivity index (χ2n) is 3.71. The van der Waals surface area contributed by atoms with Gasteiger partial charge >= 0.3 is 0 Å². The minimum absolute atomic E-state index is 0.0948. The molecule has 1 heterocycles. The van der Waals surface area contributed by atoms with Crippen LogP contribution in [-0.4, -0.2) is 16.0 Å². The Bertz CT molecular complexity index is 274. The van der Waals surface area contributed by atoms with Crippen LogP contribution in [0, 0.1) is 5.41 Å². The molecule has 0 radical (unpaired) electrons. The normalized spacial score (nSPS) is 11.2. The first-order valence-corrected chi connectivity index (χ1v) is 3.83. The molecular formula is C9H12N2O. The van der Waals surface area contributed by atoms with Gasteiger partial charge in [0.25, 0.3) is 0 Å². The Morgan fingerprint density at radius 2 is 2.00 bits per heavy atom. The van der Waals surface area contributed by atoms with Gasteiger partial charge in [-0.05, 0) is 6.07 Å². The second kappa shape index (κ2) is 3.01. The highest BCUT2D eigenvalue weighted by Crippen LogP contribution is 2.19. The lowest BCUT2D eigenvalue weighted by atomic mass is 9.87. The number of carbonyl (C=O) groups excluding carboxylic acids is 1. The highest BCUT2D eigenvalue weighted by Gasteiger charge is 2.22. The van der Waals surface area contributed by atoms with Crippen LogP contribution in [0.5, 0.6) is 0 Å². The molecule has 0 N–H and O–H groups in total. The van der Waals surface area contributed by atoms with E-state index in [1.165, 1.54) is 12.4 Å². The number of rotatable bonds is 1. The van der Waals surface area contributed by atoms with Gasteiger partial charge in [0.05, 0.1) is 12.4 Å². The average molecular weight is 164 g/mol. The standard InChI is InChI=1S/C9H12N2O/c1-9(2,3)8(12)7-4-5-10-11-6-7/h4-6H,1-3H3. The minimum Gasteiger partial charge on any atom is -0.294 e. The van der Waals surface area contributed by atoms with E-state index >= 15 is 0 Å². The summed E-state index contributed by atoms with van der Waals surface area (Å²) in [4.78, 5) is 11.6. The molecule has 0 bridgehead atoms. The SMILES string of the molecule is CC(C)(C)C(=O)c1ccnnc1. The number of ketones is 1. The average Bonchev–Trinajstić information content (AvgIpc) is 2.03. The van der Waals surface area contributed by atoms with Crippen LogP contribution in [0.15, 0.2) is 18.5 Å². The molecule has 1 aromatic heterocycles. The Hall–Kier alpha value is -1.25. The molecule has 64 valence electrons. The number of Topliss-reactive ketones (excluding diaryl/α,β-unsaturated/α-hetero) is 1. The van der Waals surface area contributed by atoms with E-state index in [2.05, 4.69) is 10.2 Å². The lowest BCUT2D eigenvalue weighted by molar-refractivity contribution is 0.0857. The molecule has 3 nitrogen and oxygen atoms in total. The van der Waals surface area contributed by atoms with Crippen LogP contribution in [-0.2, 0) is 0 Å². The van der Waals surface area contributed by atoms with E-state index in [0.29, 0.717) is 5.56 Å². The first kappa shape index (κ1) is 8.84. The molecule has 0 aliphatic rings. The zero-order valence-electron chi connectivity index (χ0n) is 7.53. The van der Waals surface area contributed by atoms with Crippen molar-refractivity contribution in [2.75, 3.05) is 0 Å². The van der Waals surface area contributed by atoms with Gasteiger partial charge in [-0.1, -0.05) is 20.8 Å². The van der Waals surface area contributed by atoms with Crippen molar-refractivity contribution >= 4 is 5.78 Å². The predicted molar refractivity (Wildman–Crippen MR) is 45.8 cm³/mol. The molecule has 0 aromatic carbocycles. The number of hydrogen-bond acceptors (Lipinski definition) is 3. The van der Waals surface area contributed by atoms with Gasteiger partial charge in [-0.3, -0.25) is 4.79 Å². The van der Waals surface area contributed by atoms with Gasteiger partial charge in [-0.25, -0.2) is 0 Å². The maximum absolute atomic E-state index is 11.6. The van der Waals surface area contributed by atoms with Crippen molar-refractivity contribution in [2.24, 2.45) is 5.41 Å². The van der Waals surface area contributed by atoms with Gasteiger partial charge in [0.15, 0.2) is 5.78 Å². The van der Waals surface area contributed by atoms with Crippen LogP contribution in [0.25, 0.3) is 0 Å². The number of nitrogens with zero attached hydrogens (tertiary/aromatic N) is 2. The van der Waals surface area contributed by atoms with Crippen LogP contribution >= 0.6 is 0 Å². The molecule has 0 amide bonds. The molecule has 12 heavy (non-hydrogen) atoms. The molecule has 0 fully saturated rings. The summed E-state index contributed by atoms with van der Waals surface area (Å²) in [5.41, 5.74) is 0.278.